The number of nitro groups is 1. The molecule has 0 radical (unpaired) electrons. The summed E-state index contributed by atoms with van der Waals surface area (Å²) in [6, 6.07) is 4.82. The predicted molar refractivity (Wildman–Crippen MR) is 114 cm³/mol. The van der Waals surface area contributed by atoms with Crippen molar-refractivity contribution in [3.8, 4) is 0 Å². The van der Waals surface area contributed by atoms with Crippen LogP contribution in [0.15, 0.2) is 57.2 Å². The lowest BCUT2D eigenvalue weighted by Crippen LogP contribution is -2.55. The quantitative estimate of drug-likeness (QED) is 0.148. The topological polar surface area (TPSA) is 106 Å². The number of carbonyl (C=O) groups is 1. The van der Waals surface area contributed by atoms with Crippen LogP contribution in [0.1, 0.15) is 0 Å². The van der Waals surface area contributed by atoms with Crippen molar-refractivity contribution in [2.24, 2.45) is 0 Å². The van der Waals surface area contributed by atoms with E-state index in [1.165, 1.54) is 12.1 Å². The highest BCUT2D eigenvalue weighted by Gasteiger charge is 2.78. The Kier molecular flexibility index (Phi) is 8.94. The van der Waals surface area contributed by atoms with Gasteiger partial charge in [-0.25, -0.2) is 8.42 Å². The van der Waals surface area contributed by atoms with Gasteiger partial charge in [0.05, 0.1) is 20.5 Å². The summed E-state index contributed by atoms with van der Waals surface area (Å²) in [6.45, 7) is 0. The molecule has 2 aromatic carbocycles. The number of nitrogens with zero attached hydrogens (tertiary/aromatic N) is 1. The summed E-state index contributed by atoms with van der Waals surface area (Å²) >= 11 is -0.174. The van der Waals surface area contributed by atoms with Gasteiger partial charge >= 0.3 is 22.9 Å². The number of thioether (sulfide) groups is 2. The van der Waals surface area contributed by atoms with Crippen LogP contribution in [0.5, 0.6) is 0 Å². The van der Waals surface area contributed by atoms with Crippen LogP contribution < -0.4 is 5.32 Å². The Morgan fingerprint density at radius 1 is 0.947 bits per heavy atom. The first kappa shape index (κ1) is 31.5. The smallest absolute Gasteiger partial charge is 0.325 e. The number of alkyl halides is 10. The molecule has 38 heavy (non-hydrogen) atoms. The molecule has 0 saturated heterocycles. The van der Waals surface area contributed by atoms with E-state index in [1.54, 1.807) is 0 Å². The molecule has 0 aliphatic rings. The van der Waals surface area contributed by atoms with E-state index in [9.17, 15) is 67.2 Å². The van der Waals surface area contributed by atoms with Gasteiger partial charge in [0.15, 0.2) is 0 Å². The Morgan fingerprint density at radius 3 is 2.08 bits per heavy atom. The standard InChI is InChI=1S/C18H10F10N2O5S3/c19-15(20,16(21,22)23)17(24,25)38(34,35)11-4-5-13(12(7-11)30(32)33)36-8-14(31)29-9-2-1-3-10(6-9)37-18(26,27)28/h1-7H,8H2,(H,29,31). The van der Waals surface area contributed by atoms with Crippen LogP contribution in [0.2, 0.25) is 0 Å². The fourth-order valence-electron chi connectivity index (χ4n) is 2.52. The minimum Gasteiger partial charge on any atom is -0.325 e. The number of benzene rings is 2. The summed E-state index contributed by atoms with van der Waals surface area (Å²) in [7, 11) is -6.82. The average Bonchev–Trinajstić information content (AvgIpc) is 2.75. The number of nitro benzene ring substituents is 1. The van der Waals surface area contributed by atoms with Crippen molar-refractivity contribution in [3.05, 3.63) is 52.6 Å². The lowest BCUT2D eigenvalue weighted by Gasteiger charge is -2.27. The van der Waals surface area contributed by atoms with Crippen LogP contribution >= 0.6 is 23.5 Å². The first-order chi connectivity index (χ1) is 17.1. The lowest BCUT2D eigenvalue weighted by atomic mass is 10.3. The summed E-state index contributed by atoms with van der Waals surface area (Å²) in [4.78, 5) is 19.2. The van der Waals surface area contributed by atoms with Crippen LogP contribution in [0.25, 0.3) is 0 Å². The number of halogens is 10. The Labute approximate surface area is 214 Å². The molecule has 0 spiro atoms. The number of amides is 1. The van der Waals surface area contributed by atoms with Gasteiger partial charge < -0.3 is 5.32 Å². The summed E-state index contributed by atoms with van der Waals surface area (Å²) in [5.41, 5.74) is -6.05. The maximum atomic E-state index is 13.8. The van der Waals surface area contributed by atoms with E-state index in [0.717, 1.165) is 12.1 Å². The third kappa shape index (κ3) is 6.82. The molecular weight excluding hydrogens is 610 g/mol. The molecule has 0 unspecified atom stereocenters. The number of sulfone groups is 1. The lowest BCUT2D eigenvalue weighted by molar-refractivity contribution is -0.388. The first-order valence-electron chi connectivity index (χ1n) is 9.24. The van der Waals surface area contributed by atoms with Crippen molar-refractivity contribution in [2.45, 2.75) is 37.5 Å². The fraction of sp³-hybridized carbons (Fsp3) is 0.278. The summed E-state index contributed by atoms with van der Waals surface area (Å²) in [6.07, 6.45) is -6.98. The molecule has 0 fully saturated rings. The summed E-state index contributed by atoms with van der Waals surface area (Å²) < 4.78 is 153. The molecule has 0 saturated carbocycles. The zero-order valence-corrected chi connectivity index (χ0v) is 20.2. The van der Waals surface area contributed by atoms with Gasteiger partial charge in [0.2, 0.25) is 5.91 Å². The first-order valence-corrected chi connectivity index (χ1v) is 12.5. The molecule has 0 aromatic heterocycles. The van der Waals surface area contributed by atoms with E-state index in [4.69, 9.17) is 0 Å². The molecule has 7 nitrogen and oxygen atoms in total. The average molecular weight is 620 g/mol. The van der Waals surface area contributed by atoms with Gasteiger partial charge in [-0.05, 0) is 42.1 Å². The molecule has 2 aromatic rings. The second-order valence-corrected chi connectivity index (χ2v) is 11.0. The van der Waals surface area contributed by atoms with Gasteiger partial charge in [-0.3, -0.25) is 14.9 Å². The van der Waals surface area contributed by atoms with E-state index in [2.05, 4.69) is 5.32 Å². The third-order valence-electron chi connectivity index (χ3n) is 4.21. The van der Waals surface area contributed by atoms with Gasteiger partial charge in [0, 0.05) is 16.6 Å². The van der Waals surface area contributed by atoms with Crippen LogP contribution in [0, 0.1) is 10.1 Å². The molecular formula is C18H10F10N2O5S3. The van der Waals surface area contributed by atoms with Gasteiger partial charge in [0.1, 0.15) is 0 Å². The monoisotopic (exact) mass is 620 g/mol. The molecule has 210 valence electrons. The Morgan fingerprint density at radius 2 is 1.55 bits per heavy atom. The zero-order valence-electron chi connectivity index (χ0n) is 17.7. The predicted octanol–water partition coefficient (Wildman–Crippen LogP) is 6.50. The highest BCUT2D eigenvalue weighted by atomic mass is 32.2. The van der Waals surface area contributed by atoms with Crippen LogP contribution in [0.4, 0.5) is 55.3 Å². The normalized spacial score (nSPS) is 13.3. The van der Waals surface area contributed by atoms with E-state index < -0.39 is 76.5 Å². The second kappa shape index (κ2) is 10.8. The third-order valence-corrected chi connectivity index (χ3v) is 7.80. The van der Waals surface area contributed by atoms with Crippen LogP contribution in [0.3, 0.4) is 0 Å². The Hall–Kier alpha value is -2.74. The van der Waals surface area contributed by atoms with Gasteiger partial charge in [-0.2, -0.15) is 43.9 Å². The Balaban J connectivity index is 2.27. The molecule has 0 heterocycles. The van der Waals surface area contributed by atoms with Crippen LogP contribution in [-0.2, 0) is 14.6 Å². The van der Waals surface area contributed by atoms with Crippen molar-refractivity contribution in [1.29, 1.82) is 0 Å². The fourth-order valence-corrected chi connectivity index (χ4v) is 5.19. The van der Waals surface area contributed by atoms with E-state index in [0.29, 0.717) is 17.8 Å². The minimum absolute atomic E-state index is 0.103. The van der Waals surface area contributed by atoms with Crippen LogP contribution in [-0.4, -0.2) is 47.9 Å². The zero-order chi connectivity index (χ0) is 29.3. The molecule has 2 rings (SSSR count). The van der Waals surface area contributed by atoms with E-state index in [-0.39, 0.29) is 22.7 Å². The molecule has 20 heteroatoms. The number of hydrogen-bond donors (Lipinski definition) is 1. The molecule has 0 bridgehead atoms. The van der Waals surface area contributed by atoms with E-state index in [1.807, 2.05) is 0 Å². The van der Waals surface area contributed by atoms with E-state index >= 15 is 0 Å². The largest absolute Gasteiger partial charge is 0.461 e. The van der Waals surface area contributed by atoms with Gasteiger partial charge in [0.25, 0.3) is 15.5 Å². The number of anilines is 1. The molecule has 0 aliphatic carbocycles. The summed E-state index contributed by atoms with van der Waals surface area (Å²) in [5.74, 6) is -8.69. The maximum absolute atomic E-state index is 13.8. The van der Waals surface area contributed by atoms with Gasteiger partial charge in [-0.15, -0.1) is 11.8 Å². The van der Waals surface area contributed by atoms with Crippen molar-refractivity contribution in [2.75, 3.05) is 11.1 Å². The van der Waals surface area contributed by atoms with Crippen molar-refractivity contribution in [3.63, 3.8) is 0 Å². The number of carbonyl (C=O) groups excluding carboxylic acids is 1. The maximum Gasteiger partial charge on any atom is 0.461 e. The minimum atomic E-state index is -7.05. The number of nitrogens with one attached hydrogen (secondary N) is 1. The molecule has 0 atom stereocenters. The number of hydrogen-bond acceptors (Lipinski definition) is 7. The van der Waals surface area contributed by atoms with Crippen molar-refractivity contribution < 1.29 is 62.0 Å². The molecule has 1 N–H and O–H groups in total. The summed E-state index contributed by atoms with van der Waals surface area (Å²) in [5, 5.41) is 6.72. The Bertz CT molecular complexity index is 1330. The number of rotatable bonds is 9. The second-order valence-electron chi connectivity index (χ2n) is 6.89. The van der Waals surface area contributed by atoms with Crippen molar-refractivity contribution >= 4 is 50.6 Å². The highest BCUT2D eigenvalue weighted by Crippen LogP contribution is 2.51. The SMILES string of the molecule is O=C(CSc1ccc(S(=O)(=O)C(F)(F)C(F)(F)C(F)(F)F)cc1[N+](=O)[O-])Nc1cccc(SC(F)(F)F)c1. The van der Waals surface area contributed by atoms with Crippen molar-refractivity contribution in [1.82, 2.24) is 0 Å². The molecule has 0 aliphatic heterocycles. The molecule has 1 amide bonds. The highest BCUT2D eigenvalue weighted by molar-refractivity contribution is 8.00. The van der Waals surface area contributed by atoms with Gasteiger partial charge in [-0.1, -0.05) is 6.07 Å².